The molecule has 31 heavy (non-hydrogen) atoms. The molecule has 158 valence electrons. The summed E-state index contributed by atoms with van der Waals surface area (Å²) in [4.78, 5) is 26.2. The van der Waals surface area contributed by atoms with E-state index in [9.17, 15) is 9.59 Å². The van der Waals surface area contributed by atoms with Crippen molar-refractivity contribution in [3.8, 4) is 5.69 Å². The van der Waals surface area contributed by atoms with Gasteiger partial charge in [0.2, 0.25) is 0 Å². The second-order valence-corrected chi connectivity index (χ2v) is 9.44. The van der Waals surface area contributed by atoms with E-state index in [0.29, 0.717) is 22.4 Å². The smallest absolute Gasteiger partial charge is 0.267 e. The largest absolute Gasteiger partial charge is 0.292 e. The minimum absolute atomic E-state index is 0.00324. The Morgan fingerprint density at radius 2 is 1.74 bits per heavy atom. The van der Waals surface area contributed by atoms with Crippen LogP contribution in [0.5, 0.6) is 0 Å². The number of hydrazone groups is 1. The average Bonchev–Trinajstić information content (AvgIpc) is 3.12. The third-order valence-corrected chi connectivity index (χ3v) is 7.83. The van der Waals surface area contributed by atoms with Gasteiger partial charge in [0.25, 0.3) is 11.5 Å². The van der Waals surface area contributed by atoms with Crippen LogP contribution >= 0.6 is 0 Å². The number of nitrogens with one attached hydrogen (secondary N) is 1. The van der Waals surface area contributed by atoms with Crippen LogP contribution in [0, 0.1) is 16.7 Å². The van der Waals surface area contributed by atoms with Crippen molar-refractivity contribution in [2.45, 2.75) is 40.0 Å². The highest BCUT2D eigenvalue weighted by molar-refractivity contribution is 6.05. The Kier molecular flexibility index (Phi) is 4.36. The molecule has 3 aromatic rings. The van der Waals surface area contributed by atoms with Crippen molar-refractivity contribution in [2.75, 3.05) is 0 Å². The molecule has 2 bridgehead atoms. The fourth-order valence-corrected chi connectivity index (χ4v) is 5.37. The molecule has 0 saturated heterocycles. The van der Waals surface area contributed by atoms with Gasteiger partial charge >= 0.3 is 0 Å². The summed E-state index contributed by atoms with van der Waals surface area (Å²) in [6, 6.07) is 16.2. The normalized spacial score (nSPS) is 25.3. The second-order valence-electron chi connectivity index (χ2n) is 9.44. The third-order valence-electron chi connectivity index (χ3n) is 7.83. The number of carbonyl (C=O) groups excluding carboxylic acids is 1. The zero-order chi connectivity index (χ0) is 21.8. The van der Waals surface area contributed by atoms with Gasteiger partial charge in [-0.2, -0.15) is 14.9 Å². The number of nitrogens with zero attached hydrogens (tertiary/aromatic N) is 3. The van der Waals surface area contributed by atoms with Gasteiger partial charge in [-0.15, -0.1) is 0 Å². The molecule has 2 fully saturated rings. The van der Waals surface area contributed by atoms with Crippen molar-refractivity contribution in [3.05, 3.63) is 70.6 Å². The minimum Gasteiger partial charge on any atom is -0.267 e. The summed E-state index contributed by atoms with van der Waals surface area (Å²) in [5, 5.41) is 9.98. The van der Waals surface area contributed by atoms with E-state index in [1.165, 1.54) is 11.1 Å². The highest BCUT2D eigenvalue weighted by Gasteiger charge is 2.60. The molecule has 1 aromatic heterocycles. The molecule has 1 amide bonds. The van der Waals surface area contributed by atoms with Crippen molar-refractivity contribution in [1.82, 2.24) is 15.2 Å². The highest BCUT2D eigenvalue weighted by Crippen LogP contribution is 2.63. The number of carbonyl (C=O) groups is 1. The zero-order valence-corrected chi connectivity index (χ0v) is 18.1. The molecule has 0 unspecified atom stereocenters. The number of hydrogen-bond acceptors (Lipinski definition) is 4. The summed E-state index contributed by atoms with van der Waals surface area (Å²) in [6.07, 6.45) is 3.23. The SMILES string of the molecule is CC1(C)[C@@H]2CC[C@@]1(C)/C(=N/NC(=O)c1nn(-c3ccccc3)c(=O)c3ccccc13)C2. The maximum atomic E-state index is 13.2. The summed E-state index contributed by atoms with van der Waals surface area (Å²) in [7, 11) is 0. The topological polar surface area (TPSA) is 76.3 Å². The van der Waals surface area contributed by atoms with Crippen LogP contribution in [-0.2, 0) is 0 Å². The van der Waals surface area contributed by atoms with Crippen LogP contribution in [0.25, 0.3) is 16.5 Å². The van der Waals surface area contributed by atoms with Crippen LogP contribution in [0.3, 0.4) is 0 Å². The van der Waals surface area contributed by atoms with E-state index < -0.39 is 5.91 Å². The van der Waals surface area contributed by atoms with E-state index in [2.05, 4.69) is 36.4 Å². The molecule has 2 saturated carbocycles. The van der Waals surface area contributed by atoms with Crippen LogP contribution in [0.4, 0.5) is 0 Å². The van der Waals surface area contributed by atoms with E-state index in [0.717, 1.165) is 18.6 Å². The second kappa shape index (κ2) is 6.87. The van der Waals surface area contributed by atoms with Crippen LogP contribution < -0.4 is 11.0 Å². The summed E-state index contributed by atoms with van der Waals surface area (Å²) >= 11 is 0. The Labute approximate surface area is 181 Å². The molecule has 5 rings (SSSR count). The monoisotopic (exact) mass is 414 g/mol. The van der Waals surface area contributed by atoms with Gasteiger partial charge in [-0.25, -0.2) is 5.43 Å². The first-order valence-corrected chi connectivity index (χ1v) is 10.8. The van der Waals surface area contributed by atoms with Gasteiger partial charge in [-0.05, 0) is 48.8 Å². The first-order valence-electron chi connectivity index (χ1n) is 10.8. The molecule has 2 aliphatic carbocycles. The highest BCUT2D eigenvalue weighted by atomic mass is 16.2. The molecule has 1 N–H and O–H groups in total. The molecule has 0 aliphatic heterocycles. The van der Waals surface area contributed by atoms with E-state index in [1.807, 2.05) is 18.2 Å². The standard InChI is InChI=1S/C25H26N4O2/c1-24(2)16-13-14-25(24,3)20(15-16)26-27-22(30)21-18-11-7-8-12-19(18)23(31)29(28-21)17-9-5-4-6-10-17/h4-12,16H,13-15H2,1-3H3,(H,27,30)/b26-20+/t16-,25+/m1/s1. The molecule has 0 spiro atoms. The van der Waals surface area contributed by atoms with Gasteiger partial charge in [0, 0.05) is 16.5 Å². The van der Waals surface area contributed by atoms with E-state index >= 15 is 0 Å². The number of para-hydroxylation sites is 1. The average molecular weight is 415 g/mol. The number of hydrogen-bond donors (Lipinski definition) is 1. The number of benzene rings is 2. The fraction of sp³-hybridized carbons (Fsp3) is 0.360. The number of aromatic nitrogens is 2. The lowest BCUT2D eigenvalue weighted by Gasteiger charge is -2.34. The molecule has 2 aromatic carbocycles. The number of amides is 1. The van der Waals surface area contributed by atoms with E-state index in [4.69, 9.17) is 0 Å². The van der Waals surface area contributed by atoms with Gasteiger partial charge in [0.05, 0.1) is 11.1 Å². The molecular formula is C25H26N4O2. The van der Waals surface area contributed by atoms with E-state index in [1.54, 1.807) is 36.4 Å². The summed E-state index contributed by atoms with van der Waals surface area (Å²) < 4.78 is 1.28. The van der Waals surface area contributed by atoms with Gasteiger partial charge < -0.3 is 0 Å². The number of rotatable bonds is 3. The van der Waals surface area contributed by atoms with Crippen LogP contribution in [0.15, 0.2) is 64.5 Å². The Bertz CT molecular complexity index is 1280. The van der Waals surface area contributed by atoms with Crippen LogP contribution in [0.1, 0.15) is 50.5 Å². The van der Waals surface area contributed by atoms with Crippen molar-refractivity contribution in [1.29, 1.82) is 0 Å². The predicted octanol–water partition coefficient (Wildman–Crippen LogP) is 4.32. The number of fused-ring (bicyclic) bond motifs is 3. The molecule has 0 radical (unpaired) electrons. The van der Waals surface area contributed by atoms with Gasteiger partial charge in [0.15, 0.2) is 5.69 Å². The lowest BCUT2D eigenvalue weighted by atomic mass is 9.70. The Morgan fingerprint density at radius 1 is 1.06 bits per heavy atom. The Morgan fingerprint density at radius 3 is 2.39 bits per heavy atom. The fourth-order valence-electron chi connectivity index (χ4n) is 5.37. The molecule has 2 atom stereocenters. The lowest BCUT2D eigenvalue weighted by Crippen LogP contribution is -2.34. The van der Waals surface area contributed by atoms with Crippen molar-refractivity contribution >= 4 is 22.4 Å². The molecule has 1 heterocycles. The van der Waals surface area contributed by atoms with Gasteiger partial charge in [-0.3, -0.25) is 9.59 Å². The van der Waals surface area contributed by atoms with Crippen molar-refractivity contribution in [3.63, 3.8) is 0 Å². The molecule has 6 nitrogen and oxygen atoms in total. The summed E-state index contributed by atoms with van der Waals surface area (Å²) in [5.41, 5.74) is 4.54. The van der Waals surface area contributed by atoms with Gasteiger partial charge in [-0.1, -0.05) is 57.2 Å². The maximum absolute atomic E-state index is 13.2. The quantitative estimate of drug-likeness (QED) is 0.649. The van der Waals surface area contributed by atoms with Crippen LogP contribution in [-0.4, -0.2) is 21.4 Å². The lowest BCUT2D eigenvalue weighted by molar-refractivity contribution is 0.0949. The Hall–Kier alpha value is -3.28. The Balaban J connectivity index is 1.55. The first kappa shape index (κ1) is 19.7. The van der Waals surface area contributed by atoms with Crippen molar-refractivity contribution < 1.29 is 4.79 Å². The molecule has 6 heteroatoms. The minimum atomic E-state index is -0.405. The first-order chi connectivity index (χ1) is 14.8. The predicted molar refractivity (Wildman–Crippen MR) is 121 cm³/mol. The van der Waals surface area contributed by atoms with E-state index in [-0.39, 0.29) is 22.1 Å². The summed E-state index contributed by atoms with van der Waals surface area (Å²) in [6.45, 7) is 6.87. The summed E-state index contributed by atoms with van der Waals surface area (Å²) in [5.74, 6) is 0.199. The van der Waals surface area contributed by atoms with Crippen LogP contribution in [0.2, 0.25) is 0 Å². The molecule has 2 aliphatic rings. The third kappa shape index (κ3) is 2.85. The van der Waals surface area contributed by atoms with Crippen molar-refractivity contribution in [2.24, 2.45) is 21.8 Å². The van der Waals surface area contributed by atoms with Gasteiger partial charge in [0.1, 0.15) is 0 Å². The maximum Gasteiger partial charge on any atom is 0.292 e. The zero-order valence-electron chi connectivity index (χ0n) is 18.1. The molecular weight excluding hydrogens is 388 g/mol.